The lowest BCUT2D eigenvalue weighted by Gasteiger charge is -2.13. The van der Waals surface area contributed by atoms with Crippen LogP contribution in [0.5, 0.6) is 0 Å². The number of carbonyl (C=O) groups is 1. The zero-order chi connectivity index (χ0) is 17.9. The summed E-state index contributed by atoms with van der Waals surface area (Å²) >= 11 is 1.47. The molecule has 0 aliphatic carbocycles. The second-order valence-corrected chi connectivity index (χ2v) is 7.26. The number of likely N-dealkylation sites (tertiary alicyclic amines) is 1. The van der Waals surface area contributed by atoms with Gasteiger partial charge in [-0.2, -0.15) is 5.10 Å². The molecule has 1 aromatic carbocycles. The molecule has 134 valence electrons. The Morgan fingerprint density at radius 3 is 2.96 bits per heavy atom. The van der Waals surface area contributed by atoms with Gasteiger partial charge in [-0.05, 0) is 25.1 Å². The van der Waals surface area contributed by atoms with Gasteiger partial charge in [0.25, 0.3) is 5.91 Å². The number of amides is 1. The van der Waals surface area contributed by atoms with E-state index >= 15 is 0 Å². The monoisotopic (exact) mass is 367 g/mol. The fourth-order valence-corrected chi connectivity index (χ4v) is 3.94. The molecule has 2 aromatic heterocycles. The van der Waals surface area contributed by atoms with Crippen molar-refractivity contribution in [3.05, 3.63) is 53.8 Å². The van der Waals surface area contributed by atoms with Gasteiger partial charge in [0.2, 0.25) is 0 Å². The summed E-state index contributed by atoms with van der Waals surface area (Å²) in [5.74, 6) is -0.0918. The summed E-state index contributed by atoms with van der Waals surface area (Å²) in [4.78, 5) is 19.3. The number of nitrogens with zero attached hydrogens (tertiary/aromatic N) is 4. The number of rotatable bonds is 5. The van der Waals surface area contributed by atoms with Gasteiger partial charge in [-0.3, -0.25) is 4.79 Å². The molecule has 0 radical (unpaired) electrons. The standard InChI is InChI=1S/C19H21N5OS/c1-2-23-9-8-15(12-23)21-18(25)17-13-26-19(22-17)14-10-20-24(11-14)16-6-4-3-5-7-16/h3-7,10-11,13,15H,2,8-9,12H2,1H3,(H,21,25). The average Bonchev–Trinajstić information content (AvgIpc) is 3.42. The van der Waals surface area contributed by atoms with E-state index in [1.165, 1.54) is 11.3 Å². The van der Waals surface area contributed by atoms with Crippen molar-refractivity contribution in [3.8, 4) is 16.3 Å². The van der Waals surface area contributed by atoms with Gasteiger partial charge in [0.1, 0.15) is 10.7 Å². The Morgan fingerprint density at radius 2 is 2.19 bits per heavy atom. The van der Waals surface area contributed by atoms with Crippen LogP contribution in [0.3, 0.4) is 0 Å². The number of benzene rings is 1. The van der Waals surface area contributed by atoms with Crippen LogP contribution < -0.4 is 5.32 Å². The molecule has 0 spiro atoms. The summed E-state index contributed by atoms with van der Waals surface area (Å²) in [5, 5.41) is 10.1. The molecule has 1 saturated heterocycles. The van der Waals surface area contributed by atoms with Crippen molar-refractivity contribution in [1.29, 1.82) is 0 Å². The molecule has 0 saturated carbocycles. The molecular formula is C19H21N5OS. The zero-order valence-corrected chi connectivity index (χ0v) is 15.4. The number of hydrogen-bond donors (Lipinski definition) is 1. The van der Waals surface area contributed by atoms with E-state index in [1.807, 2.05) is 46.6 Å². The average molecular weight is 367 g/mol. The number of carbonyl (C=O) groups excluding carboxylic acids is 1. The third-order valence-electron chi connectivity index (χ3n) is 4.64. The Morgan fingerprint density at radius 1 is 1.35 bits per heavy atom. The lowest BCUT2D eigenvalue weighted by atomic mass is 10.2. The molecule has 1 fully saturated rings. The minimum Gasteiger partial charge on any atom is -0.347 e. The molecule has 3 aromatic rings. The number of thiazole rings is 1. The van der Waals surface area contributed by atoms with Crippen molar-refractivity contribution < 1.29 is 4.79 Å². The van der Waals surface area contributed by atoms with Crippen LogP contribution in [0.4, 0.5) is 0 Å². The Balaban J connectivity index is 1.45. The molecule has 26 heavy (non-hydrogen) atoms. The number of hydrogen-bond acceptors (Lipinski definition) is 5. The summed E-state index contributed by atoms with van der Waals surface area (Å²) in [6, 6.07) is 10.1. The van der Waals surface area contributed by atoms with Crippen LogP contribution in [-0.2, 0) is 0 Å². The fraction of sp³-hybridized carbons (Fsp3) is 0.316. The van der Waals surface area contributed by atoms with Gasteiger partial charge in [-0.15, -0.1) is 11.3 Å². The summed E-state index contributed by atoms with van der Waals surface area (Å²) in [7, 11) is 0. The minimum absolute atomic E-state index is 0.0918. The smallest absolute Gasteiger partial charge is 0.271 e. The molecule has 1 amide bonds. The van der Waals surface area contributed by atoms with Crippen molar-refractivity contribution in [1.82, 2.24) is 25.0 Å². The normalized spacial score (nSPS) is 17.5. The molecular weight excluding hydrogens is 346 g/mol. The van der Waals surface area contributed by atoms with Crippen molar-refractivity contribution >= 4 is 17.2 Å². The highest BCUT2D eigenvalue weighted by atomic mass is 32.1. The van der Waals surface area contributed by atoms with E-state index in [-0.39, 0.29) is 11.9 Å². The minimum atomic E-state index is -0.0918. The first kappa shape index (κ1) is 16.9. The number of para-hydroxylation sites is 1. The third kappa shape index (κ3) is 3.54. The molecule has 0 bridgehead atoms. The summed E-state index contributed by atoms with van der Waals surface area (Å²) in [6.45, 7) is 5.14. The Bertz CT molecular complexity index is 888. The van der Waals surface area contributed by atoms with Crippen LogP contribution in [0.15, 0.2) is 48.1 Å². The summed E-state index contributed by atoms with van der Waals surface area (Å²) in [5.41, 5.74) is 2.39. The van der Waals surface area contributed by atoms with Crippen LogP contribution in [0, 0.1) is 0 Å². The second kappa shape index (κ2) is 7.39. The maximum absolute atomic E-state index is 12.5. The lowest BCUT2D eigenvalue weighted by molar-refractivity contribution is 0.0933. The lowest BCUT2D eigenvalue weighted by Crippen LogP contribution is -2.37. The SMILES string of the molecule is CCN1CCC(NC(=O)c2csc(-c3cnn(-c4ccccc4)c3)n2)C1. The van der Waals surface area contributed by atoms with Gasteiger partial charge in [0.15, 0.2) is 0 Å². The fourth-order valence-electron chi connectivity index (χ4n) is 3.16. The van der Waals surface area contributed by atoms with Crippen molar-refractivity contribution in [2.75, 3.05) is 19.6 Å². The third-order valence-corrected chi connectivity index (χ3v) is 5.53. The van der Waals surface area contributed by atoms with E-state index in [4.69, 9.17) is 0 Å². The predicted molar refractivity (Wildman–Crippen MR) is 103 cm³/mol. The molecule has 1 N–H and O–H groups in total. The van der Waals surface area contributed by atoms with Crippen LogP contribution in [-0.4, -0.2) is 51.2 Å². The van der Waals surface area contributed by atoms with Crippen molar-refractivity contribution in [2.24, 2.45) is 0 Å². The predicted octanol–water partition coefficient (Wildman–Crippen LogP) is 2.82. The molecule has 3 heterocycles. The second-order valence-electron chi connectivity index (χ2n) is 6.40. The van der Waals surface area contributed by atoms with Gasteiger partial charge in [0.05, 0.1) is 11.9 Å². The molecule has 6 nitrogen and oxygen atoms in total. The van der Waals surface area contributed by atoms with Crippen molar-refractivity contribution in [3.63, 3.8) is 0 Å². The largest absolute Gasteiger partial charge is 0.347 e. The van der Waals surface area contributed by atoms with Gasteiger partial charge >= 0.3 is 0 Å². The Labute approximate surface area is 156 Å². The molecule has 1 aliphatic rings. The number of aromatic nitrogens is 3. The van der Waals surface area contributed by atoms with Crippen LogP contribution in [0.2, 0.25) is 0 Å². The quantitative estimate of drug-likeness (QED) is 0.753. The molecule has 7 heteroatoms. The first-order chi connectivity index (χ1) is 12.7. The van der Waals surface area contributed by atoms with E-state index < -0.39 is 0 Å². The molecule has 1 aliphatic heterocycles. The summed E-state index contributed by atoms with van der Waals surface area (Å²) in [6.07, 6.45) is 4.72. The first-order valence-electron chi connectivity index (χ1n) is 8.82. The first-order valence-corrected chi connectivity index (χ1v) is 9.70. The van der Waals surface area contributed by atoms with E-state index in [1.54, 1.807) is 6.20 Å². The molecule has 4 rings (SSSR count). The highest BCUT2D eigenvalue weighted by Crippen LogP contribution is 2.24. The van der Waals surface area contributed by atoms with Gasteiger partial charge in [-0.25, -0.2) is 9.67 Å². The molecule has 1 atom stereocenters. The van der Waals surface area contributed by atoms with Crippen LogP contribution in [0.1, 0.15) is 23.8 Å². The van der Waals surface area contributed by atoms with E-state index in [2.05, 4.69) is 27.2 Å². The van der Waals surface area contributed by atoms with E-state index in [9.17, 15) is 4.79 Å². The highest BCUT2D eigenvalue weighted by Gasteiger charge is 2.24. The van der Waals surface area contributed by atoms with Crippen LogP contribution in [0.25, 0.3) is 16.3 Å². The van der Waals surface area contributed by atoms with Crippen molar-refractivity contribution in [2.45, 2.75) is 19.4 Å². The Kier molecular flexibility index (Phi) is 4.81. The molecule has 1 unspecified atom stereocenters. The van der Waals surface area contributed by atoms with Gasteiger partial charge < -0.3 is 10.2 Å². The topological polar surface area (TPSA) is 63.1 Å². The number of nitrogens with one attached hydrogen (secondary N) is 1. The van der Waals surface area contributed by atoms with E-state index in [0.29, 0.717) is 5.69 Å². The van der Waals surface area contributed by atoms with Gasteiger partial charge in [0, 0.05) is 36.3 Å². The summed E-state index contributed by atoms with van der Waals surface area (Å²) < 4.78 is 1.81. The van der Waals surface area contributed by atoms with E-state index in [0.717, 1.165) is 42.3 Å². The highest BCUT2D eigenvalue weighted by molar-refractivity contribution is 7.13. The maximum Gasteiger partial charge on any atom is 0.271 e. The van der Waals surface area contributed by atoms with Gasteiger partial charge in [-0.1, -0.05) is 25.1 Å². The zero-order valence-electron chi connectivity index (χ0n) is 14.6. The Hall–Kier alpha value is -2.51. The van der Waals surface area contributed by atoms with Crippen LogP contribution >= 0.6 is 11.3 Å². The maximum atomic E-state index is 12.5. The number of likely N-dealkylation sites (N-methyl/N-ethyl adjacent to an activating group) is 1.